The average molecular weight is 265 g/mol. The van der Waals surface area contributed by atoms with Crippen LogP contribution in [0.2, 0.25) is 0 Å². The van der Waals surface area contributed by atoms with Gasteiger partial charge in [0.25, 0.3) is 0 Å². The van der Waals surface area contributed by atoms with E-state index < -0.39 is 11.4 Å². The highest BCUT2D eigenvalue weighted by molar-refractivity contribution is 5.74. The molecule has 0 fully saturated rings. The highest BCUT2D eigenvalue weighted by atomic mass is 16.5. The molecule has 4 nitrogen and oxygen atoms in total. The maximum absolute atomic E-state index is 11.2. The molecule has 0 radical (unpaired) electrons. The Kier molecular flexibility index (Phi) is 4.95. The highest BCUT2D eigenvalue weighted by Gasteiger charge is 2.27. The van der Waals surface area contributed by atoms with Crippen LogP contribution in [0.3, 0.4) is 0 Å². The molecule has 106 valence electrons. The fourth-order valence-corrected chi connectivity index (χ4v) is 1.99. The standard InChI is InChI=1S/C15H23NO3/c1-15(2,14(17)18)9-11-6-7-13(19-5)12(8-11)10-16(3)4/h6-8H,9-10H2,1-5H3,(H,17,18). The lowest BCUT2D eigenvalue weighted by atomic mass is 9.85. The Labute approximate surface area is 115 Å². The Bertz CT molecular complexity index is 453. The molecule has 0 aromatic heterocycles. The lowest BCUT2D eigenvalue weighted by Crippen LogP contribution is -2.26. The Hall–Kier alpha value is -1.55. The van der Waals surface area contributed by atoms with Crippen LogP contribution in [0.1, 0.15) is 25.0 Å². The number of aliphatic carboxylic acids is 1. The zero-order chi connectivity index (χ0) is 14.6. The Morgan fingerprint density at radius 3 is 2.47 bits per heavy atom. The summed E-state index contributed by atoms with van der Waals surface area (Å²) in [4.78, 5) is 13.2. The van der Waals surface area contributed by atoms with Gasteiger partial charge in [-0.2, -0.15) is 0 Å². The number of ether oxygens (including phenoxy) is 1. The monoisotopic (exact) mass is 265 g/mol. The van der Waals surface area contributed by atoms with E-state index in [-0.39, 0.29) is 0 Å². The van der Waals surface area contributed by atoms with Crippen LogP contribution < -0.4 is 4.74 Å². The van der Waals surface area contributed by atoms with Gasteiger partial charge >= 0.3 is 5.97 Å². The normalized spacial score (nSPS) is 11.7. The van der Waals surface area contributed by atoms with Crippen molar-refractivity contribution in [2.24, 2.45) is 5.41 Å². The number of nitrogens with zero attached hydrogens (tertiary/aromatic N) is 1. The average Bonchev–Trinajstić information content (AvgIpc) is 2.27. The summed E-state index contributed by atoms with van der Waals surface area (Å²) in [6.45, 7) is 4.25. The Morgan fingerprint density at radius 1 is 1.37 bits per heavy atom. The number of carbonyl (C=O) groups is 1. The molecule has 0 aliphatic rings. The first kappa shape index (κ1) is 15.5. The first-order valence-electron chi connectivity index (χ1n) is 6.30. The van der Waals surface area contributed by atoms with E-state index >= 15 is 0 Å². The van der Waals surface area contributed by atoms with E-state index in [0.717, 1.165) is 23.4 Å². The molecule has 1 rings (SSSR count). The zero-order valence-corrected chi connectivity index (χ0v) is 12.4. The van der Waals surface area contributed by atoms with E-state index in [0.29, 0.717) is 6.42 Å². The molecule has 0 saturated carbocycles. The van der Waals surface area contributed by atoms with Crippen molar-refractivity contribution in [3.05, 3.63) is 29.3 Å². The predicted molar refractivity (Wildman–Crippen MR) is 75.5 cm³/mol. The third kappa shape index (κ3) is 4.24. The summed E-state index contributed by atoms with van der Waals surface area (Å²) < 4.78 is 5.34. The molecule has 0 aliphatic heterocycles. The Balaban J connectivity index is 3.01. The predicted octanol–water partition coefficient (Wildman–Crippen LogP) is 2.41. The molecule has 0 atom stereocenters. The number of hydrogen-bond acceptors (Lipinski definition) is 3. The second-order valence-electron chi connectivity index (χ2n) is 5.75. The van der Waals surface area contributed by atoms with Gasteiger partial charge in [-0.15, -0.1) is 0 Å². The van der Waals surface area contributed by atoms with Crippen LogP contribution in [0.5, 0.6) is 5.75 Å². The van der Waals surface area contributed by atoms with Crippen molar-refractivity contribution < 1.29 is 14.6 Å². The number of rotatable bonds is 6. The fourth-order valence-electron chi connectivity index (χ4n) is 1.99. The summed E-state index contributed by atoms with van der Waals surface area (Å²) in [6.07, 6.45) is 0.507. The van der Waals surface area contributed by atoms with Crippen LogP contribution in [0.4, 0.5) is 0 Å². The molecule has 0 spiro atoms. The minimum absolute atomic E-state index is 0.507. The summed E-state index contributed by atoms with van der Waals surface area (Å²) in [6, 6.07) is 5.87. The molecular weight excluding hydrogens is 242 g/mol. The number of benzene rings is 1. The van der Waals surface area contributed by atoms with Gasteiger partial charge in [0, 0.05) is 12.1 Å². The summed E-state index contributed by atoms with van der Waals surface area (Å²) in [5.41, 5.74) is 1.33. The van der Waals surface area contributed by atoms with Crippen molar-refractivity contribution in [3.63, 3.8) is 0 Å². The Morgan fingerprint density at radius 2 is 2.00 bits per heavy atom. The van der Waals surface area contributed by atoms with E-state index in [2.05, 4.69) is 4.90 Å². The second kappa shape index (κ2) is 6.06. The van der Waals surface area contributed by atoms with Crippen LogP contribution in [-0.4, -0.2) is 37.2 Å². The molecule has 0 unspecified atom stereocenters. The van der Waals surface area contributed by atoms with Gasteiger partial charge in [-0.3, -0.25) is 4.79 Å². The SMILES string of the molecule is COc1ccc(CC(C)(C)C(=O)O)cc1CN(C)C. The van der Waals surface area contributed by atoms with Gasteiger partial charge in [-0.05, 0) is 46.0 Å². The lowest BCUT2D eigenvalue weighted by Gasteiger charge is -2.20. The first-order chi connectivity index (χ1) is 8.76. The molecule has 4 heteroatoms. The van der Waals surface area contributed by atoms with Gasteiger partial charge in [0.05, 0.1) is 12.5 Å². The van der Waals surface area contributed by atoms with Crippen molar-refractivity contribution in [1.82, 2.24) is 4.90 Å². The molecule has 1 aromatic carbocycles. The molecule has 0 amide bonds. The topological polar surface area (TPSA) is 49.8 Å². The highest BCUT2D eigenvalue weighted by Crippen LogP contribution is 2.26. The molecule has 1 aromatic rings. The van der Waals surface area contributed by atoms with E-state index in [1.165, 1.54) is 0 Å². The van der Waals surface area contributed by atoms with Crippen LogP contribution in [0.15, 0.2) is 18.2 Å². The molecule has 1 N–H and O–H groups in total. The molecule has 0 heterocycles. The minimum Gasteiger partial charge on any atom is -0.496 e. The van der Waals surface area contributed by atoms with Crippen molar-refractivity contribution in [2.45, 2.75) is 26.8 Å². The molecule has 0 bridgehead atoms. The number of carboxylic acids is 1. The molecular formula is C15H23NO3. The van der Waals surface area contributed by atoms with Gasteiger partial charge in [-0.25, -0.2) is 0 Å². The number of hydrogen-bond donors (Lipinski definition) is 1. The number of methoxy groups -OCH3 is 1. The van der Waals surface area contributed by atoms with Crippen LogP contribution in [-0.2, 0) is 17.8 Å². The van der Waals surface area contributed by atoms with E-state index in [9.17, 15) is 9.90 Å². The maximum Gasteiger partial charge on any atom is 0.309 e. The van der Waals surface area contributed by atoms with Gasteiger partial charge in [0.2, 0.25) is 0 Å². The van der Waals surface area contributed by atoms with Crippen LogP contribution in [0, 0.1) is 5.41 Å². The summed E-state index contributed by atoms with van der Waals surface area (Å²) >= 11 is 0. The fraction of sp³-hybridized carbons (Fsp3) is 0.533. The van der Waals surface area contributed by atoms with E-state index in [1.807, 2.05) is 32.3 Å². The third-order valence-corrected chi connectivity index (χ3v) is 3.06. The van der Waals surface area contributed by atoms with Crippen molar-refractivity contribution in [1.29, 1.82) is 0 Å². The second-order valence-corrected chi connectivity index (χ2v) is 5.75. The number of carboxylic acid groups (broad SMARTS) is 1. The van der Waals surface area contributed by atoms with Crippen LogP contribution >= 0.6 is 0 Å². The molecule has 19 heavy (non-hydrogen) atoms. The lowest BCUT2D eigenvalue weighted by molar-refractivity contribution is -0.146. The van der Waals surface area contributed by atoms with Crippen molar-refractivity contribution in [2.75, 3.05) is 21.2 Å². The summed E-state index contributed by atoms with van der Waals surface area (Å²) in [5.74, 6) is 0.0584. The third-order valence-electron chi connectivity index (χ3n) is 3.06. The van der Waals surface area contributed by atoms with E-state index in [1.54, 1.807) is 21.0 Å². The molecule has 0 saturated heterocycles. The smallest absolute Gasteiger partial charge is 0.309 e. The minimum atomic E-state index is -0.780. The summed E-state index contributed by atoms with van der Waals surface area (Å²) in [7, 11) is 5.63. The first-order valence-corrected chi connectivity index (χ1v) is 6.30. The van der Waals surface area contributed by atoms with Crippen LogP contribution in [0.25, 0.3) is 0 Å². The van der Waals surface area contributed by atoms with Gasteiger partial charge in [0.1, 0.15) is 5.75 Å². The van der Waals surface area contributed by atoms with Gasteiger partial charge in [-0.1, -0.05) is 12.1 Å². The summed E-state index contributed by atoms with van der Waals surface area (Å²) in [5, 5.41) is 9.19. The van der Waals surface area contributed by atoms with Gasteiger partial charge < -0.3 is 14.7 Å². The van der Waals surface area contributed by atoms with Gasteiger partial charge in [0.15, 0.2) is 0 Å². The van der Waals surface area contributed by atoms with E-state index in [4.69, 9.17) is 4.74 Å². The largest absolute Gasteiger partial charge is 0.496 e. The quantitative estimate of drug-likeness (QED) is 0.858. The van der Waals surface area contributed by atoms with Crippen molar-refractivity contribution in [3.8, 4) is 5.75 Å². The maximum atomic E-state index is 11.2. The van der Waals surface area contributed by atoms with Crippen molar-refractivity contribution >= 4 is 5.97 Å². The zero-order valence-electron chi connectivity index (χ0n) is 12.4. The molecule has 0 aliphatic carbocycles.